The van der Waals surface area contributed by atoms with Crippen molar-refractivity contribution in [2.45, 2.75) is 25.3 Å². The first-order valence-corrected chi connectivity index (χ1v) is 5.49. The Morgan fingerprint density at radius 3 is 2.56 bits per heavy atom. The van der Waals surface area contributed by atoms with E-state index in [2.05, 4.69) is 10.6 Å². The molecule has 0 saturated carbocycles. The zero-order valence-electron chi connectivity index (χ0n) is 8.99. The van der Waals surface area contributed by atoms with Crippen molar-refractivity contribution in [3.8, 4) is 0 Å². The first-order valence-electron chi connectivity index (χ1n) is 5.49. The molecule has 88 valence electrons. The minimum Gasteiger partial charge on any atom is -0.324 e. The van der Waals surface area contributed by atoms with Crippen LogP contribution in [0.2, 0.25) is 0 Å². The molecule has 0 bridgehead atoms. The summed E-state index contributed by atoms with van der Waals surface area (Å²) in [7, 11) is 0. The van der Waals surface area contributed by atoms with Gasteiger partial charge in [0.2, 0.25) is 17.7 Å². The second-order valence-electron chi connectivity index (χ2n) is 4.22. The molecule has 0 aromatic rings. The zero-order valence-corrected chi connectivity index (χ0v) is 8.99. The molecule has 2 rings (SSSR count). The molecule has 0 aromatic heterocycles. The maximum atomic E-state index is 11.8. The quantitative estimate of drug-likeness (QED) is 0.567. The molecule has 2 heterocycles. The van der Waals surface area contributed by atoms with Crippen LogP contribution in [0.25, 0.3) is 0 Å². The summed E-state index contributed by atoms with van der Waals surface area (Å²) in [6.45, 7) is 0.936. The number of imide groups is 1. The molecule has 0 radical (unpaired) electrons. The van der Waals surface area contributed by atoms with Crippen molar-refractivity contribution in [1.82, 2.24) is 15.5 Å². The van der Waals surface area contributed by atoms with Gasteiger partial charge in [-0.05, 0) is 19.4 Å². The van der Waals surface area contributed by atoms with Crippen LogP contribution < -0.4 is 10.6 Å². The van der Waals surface area contributed by atoms with E-state index in [0.29, 0.717) is 6.42 Å². The van der Waals surface area contributed by atoms with Crippen LogP contribution in [0.1, 0.15) is 19.3 Å². The molecule has 6 nitrogen and oxygen atoms in total. The van der Waals surface area contributed by atoms with Crippen LogP contribution in [0.4, 0.5) is 0 Å². The van der Waals surface area contributed by atoms with Crippen molar-refractivity contribution in [3.05, 3.63) is 0 Å². The Balaban J connectivity index is 1.88. The highest BCUT2D eigenvalue weighted by molar-refractivity contribution is 6.02. The highest BCUT2D eigenvalue weighted by Crippen LogP contribution is 2.11. The number of nitrogens with zero attached hydrogens (tertiary/aromatic N) is 1. The summed E-state index contributed by atoms with van der Waals surface area (Å²) < 4.78 is 0. The van der Waals surface area contributed by atoms with E-state index in [0.717, 1.165) is 19.4 Å². The first kappa shape index (κ1) is 11.1. The van der Waals surface area contributed by atoms with E-state index in [4.69, 9.17) is 0 Å². The molecule has 16 heavy (non-hydrogen) atoms. The number of piperazine rings is 1. The smallest absolute Gasteiger partial charge is 0.246 e. The number of rotatable bonds is 2. The third-order valence-electron chi connectivity index (χ3n) is 2.88. The summed E-state index contributed by atoms with van der Waals surface area (Å²) in [5.74, 6) is -0.921. The minimum absolute atomic E-state index is 0.00269. The van der Waals surface area contributed by atoms with Gasteiger partial charge in [-0.15, -0.1) is 0 Å². The maximum absolute atomic E-state index is 11.8. The van der Waals surface area contributed by atoms with Crippen LogP contribution in [0.3, 0.4) is 0 Å². The topological polar surface area (TPSA) is 78.5 Å². The number of amides is 3. The van der Waals surface area contributed by atoms with Gasteiger partial charge in [0, 0.05) is 12.5 Å². The Labute approximate surface area is 93.4 Å². The number of nitrogens with one attached hydrogen (secondary N) is 2. The van der Waals surface area contributed by atoms with Gasteiger partial charge in [0.15, 0.2) is 0 Å². The van der Waals surface area contributed by atoms with Crippen LogP contribution in [0.5, 0.6) is 0 Å². The monoisotopic (exact) mass is 225 g/mol. The molecule has 0 spiro atoms. The van der Waals surface area contributed by atoms with E-state index < -0.39 is 11.8 Å². The van der Waals surface area contributed by atoms with Gasteiger partial charge in [0.25, 0.3) is 0 Å². The van der Waals surface area contributed by atoms with Crippen molar-refractivity contribution < 1.29 is 14.4 Å². The third-order valence-corrected chi connectivity index (χ3v) is 2.88. The largest absolute Gasteiger partial charge is 0.324 e. The van der Waals surface area contributed by atoms with Crippen LogP contribution in [0, 0.1) is 0 Å². The van der Waals surface area contributed by atoms with Crippen molar-refractivity contribution >= 4 is 17.7 Å². The molecule has 1 atom stereocenters. The SMILES string of the molecule is O=C1CN(C(=O)CC2CCCN2)CC(=O)N1. The Hall–Kier alpha value is -1.43. The molecule has 2 aliphatic heterocycles. The highest BCUT2D eigenvalue weighted by atomic mass is 16.2. The van der Waals surface area contributed by atoms with Gasteiger partial charge in [-0.2, -0.15) is 0 Å². The van der Waals surface area contributed by atoms with Crippen LogP contribution in [-0.4, -0.2) is 48.3 Å². The summed E-state index contributed by atoms with van der Waals surface area (Å²) >= 11 is 0. The van der Waals surface area contributed by atoms with Crippen molar-refractivity contribution in [2.75, 3.05) is 19.6 Å². The molecule has 0 aliphatic carbocycles. The second-order valence-corrected chi connectivity index (χ2v) is 4.22. The second kappa shape index (κ2) is 4.61. The number of hydrogen-bond acceptors (Lipinski definition) is 4. The highest BCUT2D eigenvalue weighted by Gasteiger charge is 2.28. The fourth-order valence-corrected chi connectivity index (χ4v) is 2.08. The molecular formula is C10H15N3O3. The van der Waals surface area contributed by atoms with Gasteiger partial charge < -0.3 is 10.2 Å². The molecule has 0 aromatic carbocycles. The number of carbonyl (C=O) groups is 3. The van der Waals surface area contributed by atoms with Gasteiger partial charge in [0.05, 0.1) is 0 Å². The average Bonchev–Trinajstić information content (AvgIpc) is 2.68. The molecule has 2 aliphatic rings. The average molecular weight is 225 g/mol. The fourth-order valence-electron chi connectivity index (χ4n) is 2.08. The predicted octanol–water partition coefficient (Wildman–Crippen LogP) is -1.39. The first-order chi connectivity index (χ1) is 7.65. The Kier molecular flexibility index (Phi) is 3.19. The molecular weight excluding hydrogens is 210 g/mol. The van der Waals surface area contributed by atoms with Gasteiger partial charge in [-0.1, -0.05) is 0 Å². The van der Waals surface area contributed by atoms with E-state index in [1.807, 2.05) is 0 Å². The van der Waals surface area contributed by atoms with Gasteiger partial charge in [-0.25, -0.2) is 0 Å². The molecule has 2 fully saturated rings. The van der Waals surface area contributed by atoms with Gasteiger partial charge in [0.1, 0.15) is 13.1 Å². The van der Waals surface area contributed by atoms with E-state index >= 15 is 0 Å². The standard InChI is InChI=1S/C10H15N3O3/c14-8-5-13(6-9(15)12-8)10(16)4-7-2-1-3-11-7/h7,11H,1-6H2,(H,12,14,15). The normalized spacial score (nSPS) is 25.8. The molecule has 2 N–H and O–H groups in total. The lowest BCUT2D eigenvalue weighted by Crippen LogP contribution is -2.54. The van der Waals surface area contributed by atoms with Crippen molar-refractivity contribution in [2.24, 2.45) is 0 Å². The Bertz CT molecular complexity index is 307. The molecule has 3 amide bonds. The maximum Gasteiger partial charge on any atom is 0.246 e. The predicted molar refractivity (Wildman–Crippen MR) is 55.4 cm³/mol. The van der Waals surface area contributed by atoms with E-state index in [1.165, 1.54) is 4.90 Å². The summed E-state index contributed by atoms with van der Waals surface area (Å²) in [4.78, 5) is 35.3. The minimum atomic E-state index is -0.399. The van der Waals surface area contributed by atoms with Crippen molar-refractivity contribution in [1.29, 1.82) is 0 Å². The van der Waals surface area contributed by atoms with Gasteiger partial charge in [-0.3, -0.25) is 19.7 Å². The summed E-state index contributed by atoms with van der Waals surface area (Å²) in [5.41, 5.74) is 0. The van der Waals surface area contributed by atoms with Crippen molar-refractivity contribution in [3.63, 3.8) is 0 Å². The summed E-state index contributed by atoms with van der Waals surface area (Å²) in [6.07, 6.45) is 2.44. The lowest BCUT2D eigenvalue weighted by molar-refractivity contribution is -0.145. The fraction of sp³-hybridized carbons (Fsp3) is 0.700. The summed E-state index contributed by atoms with van der Waals surface area (Å²) in [6, 6.07) is 0.201. The number of carbonyl (C=O) groups excluding carboxylic acids is 3. The molecule has 6 heteroatoms. The van der Waals surface area contributed by atoms with E-state index in [1.54, 1.807) is 0 Å². The number of hydrogen-bond donors (Lipinski definition) is 2. The van der Waals surface area contributed by atoms with Crippen LogP contribution in [-0.2, 0) is 14.4 Å². The molecule has 2 saturated heterocycles. The Morgan fingerprint density at radius 2 is 2.00 bits per heavy atom. The lowest BCUT2D eigenvalue weighted by Gasteiger charge is -2.26. The van der Waals surface area contributed by atoms with Crippen LogP contribution in [0.15, 0.2) is 0 Å². The van der Waals surface area contributed by atoms with E-state index in [9.17, 15) is 14.4 Å². The van der Waals surface area contributed by atoms with Crippen LogP contribution >= 0.6 is 0 Å². The third kappa shape index (κ3) is 2.57. The van der Waals surface area contributed by atoms with E-state index in [-0.39, 0.29) is 25.0 Å². The molecule has 1 unspecified atom stereocenters. The lowest BCUT2D eigenvalue weighted by atomic mass is 10.1. The zero-order chi connectivity index (χ0) is 11.5. The summed E-state index contributed by atoms with van der Waals surface area (Å²) in [5, 5.41) is 5.39. The Morgan fingerprint density at radius 1 is 1.31 bits per heavy atom. The van der Waals surface area contributed by atoms with Gasteiger partial charge >= 0.3 is 0 Å².